The Morgan fingerprint density at radius 1 is 1.28 bits per heavy atom. The first kappa shape index (κ1) is 17.5. The minimum absolute atomic E-state index is 0.00571. The first-order valence-electron chi connectivity index (χ1n) is 8.17. The van der Waals surface area contributed by atoms with Crippen molar-refractivity contribution in [3.05, 3.63) is 18.2 Å². The third-order valence-corrected chi connectivity index (χ3v) is 4.55. The number of nitrogens with zero attached hydrogens (tertiary/aromatic N) is 2. The van der Waals surface area contributed by atoms with E-state index in [1.165, 1.54) is 12.0 Å². The van der Waals surface area contributed by atoms with E-state index in [2.05, 4.69) is 0 Å². The molecule has 3 rings (SSSR count). The van der Waals surface area contributed by atoms with E-state index >= 15 is 0 Å². The smallest absolute Gasteiger partial charge is 0.414 e. The molecule has 25 heavy (non-hydrogen) atoms. The number of anilines is 2. The molecule has 8 nitrogen and oxygen atoms in total. The van der Waals surface area contributed by atoms with Crippen molar-refractivity contribution in [2.45, 2.75) is 25.0 Å². The van der Waals surface area contributed by atoms with Crippen LogP contribution < -0.4 is 14.5 Å². The number of carbonyl (C=O) groups excluding carboxylic acids is 2. The SMILES string of the molecule is COc1cc(N2CCC(OC)CC2=O)ccc1N1CC(CO)OC1=O. The topological polar surface area (TPSA) is 88.5 Å². The van der Waals surface area contributed by atoms with Gasteiger partial charge in [0.2, 0.25) is 5.91 Å². The summed E-state index contributed by atoms with van der Waals surface area (Å²) in [5, 5.41) is 9.17. The largest absolute Gasteiger partial charge is 0.494 e. The van der Waals surface area contributed by atoms with Crippen LogP contribution in [0.25, 0.3) is 0 Å². The molecule has 0 aromatic heterocycles. The lowest BCUT2D eigenvalue weighted by Crippen LogP contribution is -2.41. The summed E-state index contributed by atoms with van der Waals surface area (Å²) in [5.41, 5.74) is 1.26. The van der Waals surface area contributed by atoms with Gasteiger partial charge in [-0.3, -0.25) is 9.69 Å². The average molecular weight is 350 g/mol. The Hall–Kier alpha value is -2.32. The predicted molar refractivity (Wildman–Crippen MR) is 90.1 cm³/mol. The third kappa shape index (κ3) is 3.40. The number of ether oxygens (including phenoxy) is 3. The Morgan fingerprint density at radius 3 is 2.68 bits per heavy atom. The maximum Gasteiger partial charge on any atom is 0.414 e. The number of methoxy groups -OCH3 is 2. The second-order valence-corrected chi connectivity index (χ2v) is 6.05. The summed E-state index contributed by atoms with van der Waals surface area (Å²) >= 11 is 0. The van der Waals surface area contributed by atoms with Gasteiger partial charge in [-0.15, -0.1) is 0 Å². The number of carbonyl (C=O) groups is 2. The lowest BCUT2D eigenvalue weighted by atomic mass is 10.1. The van der Waals surface area contributed by atoms with E-state index in [1.54, 1.807) is 30.2 Å². The van der Waals surface area contributed by atoms with Crippen LogP contribution in [0, 0.1) is 0 Å². The van der Waals surface area contributed by atoms with E-state index in [9.17, 15) is 14.7 Å². The zero-order valence-corrected chi connectivity index (χ0v) is 14.3. The Kier molecular flexibility index (Phi) is 5.10. The molecule has 136 valence electrons. The average Bonchev–Trinajstić information content (AvgIpc) is 3.01. The van der Waals surface area contributed by atoms with E-state index < -0.39 is 12.2 Å². The monoisotopic (exact) mass is 350 g/mol. The second kappa shape index (κ2) is 7.28. The highest BCUT2D eigenvalue weighted by atomic mass is 16.6. The van der Waals surface area contributed by atoms with Crippen molar-refractivity contribution < 1.29 is 28.9 Å². The normalized spacial score (nSPS) is 23.8. The molecule has 0 radical (unpaired) electrons. The van der Waals surface area contributed by atoms with Crippen LogP contribution in [0.3, 0.4) is 0 Å². The number of hydrogen-bond donors (Lipinski definition) is 1. The number of aliphatic hydroxyl groups excluding tert-OH is 1. The molecule has 0 aliphatic carbocycles. The minimum Gasteiger partial charge on any atom is -0.494 e. The summed E-state index contributed by atoms with van der Waals surface area (Å²) in [6.45, 7) is 0.590. The van der Waals surface area contributed by atoms with Crippen LogP contribution in [0.1, 0.15) is 12.8 Å². The van der Waals surface area contributed by atoms with E-state index in [1.807, 2.05) is 0 Å². The highest BCUT2D eigenvalue weighted by Gasteiger charge is 2.34. The van der Waals surface area contributed by atoms with Crippen molar-refractivity contribution >= 4 is 23.4 Å². The first-order chi connectivity index (χ1) is 12.1. The van der Waals surface area contributed by atoms with Gasteiger partial charge in [0, 0.05) is 25.4 Å². The second-order valence-electron chi connectivity index (χ2n) is 6.05. The maximum atomic E-state index is 12.3. The number of rotatable bonds is 5. The third-order valence-electron chi connectivity index (χ3n) is 4.55. The minimum atomic E-state index is -0.550. The van der Waals surface area contributed by atoms with Crippen molar-refractivity contribution in [2.24, 2.45) is 0 Å². The summed E-state index contributed by atoms with van der Waals surface area (Å²) < 4.78 is 15.7. The van der Waals surface area contributed by atoms with Crippen LogP contribution in [0.4, 0.5) is 16.2 Å². The van der Waals surface area contributed by atoms with Crippen molar-refractivity contribution in [1.82, 2.24) is 0 Å². The van der Waals surface area contributed by atoms with Gasteiger partial charge in [-0.2, -0.15) is 0 Å². The summed E-state index contributed by atoms with van der Waals surface area (Å²) in [5.74, 6) is 0.462. The molecule has 0 spiro atoms. The molecule has 2 aliphatic rings. The molecule has 1 N–H and O–H groups in total. The fourth-order valence-corrected chi connectivity index (χ4v) is 3.15. The van der Waals surface area contributed by atoms with Crippen molar-refractivity contribution in [1.29, 1.82) is 0 Å². The van der Waals surface area contributed by atoms with Gasteiger partial charge >= 0.3 is 6.09 Å². The van der Waals surface area contributed by atoms with E-state index in [0.717, 1.165) is 6.42 Å². The molecule has 2 aliphatic heterocycles. The summed E-state index contributed by atoms with van der Waals surface area (Å²) in [6.07, 6.45) is -0.00605. The van der Waals surface area contributed by atoms with Gasteiger partial charge in [-0.1, -0.05) is 0 Å². The number of amides is 2. The molecule has 1 aromatic rings. The first-order valence-corrected chi connectivity index (χ1v) is 8.17. The molecule has 2 fully saturated rings. The molecule has 2 atom stereocenters. The maximum absolute atomic E-state index is 12.3. The van der Waals surface area contributed by atoms with Crippen LogP contribution in [-0.2, 0) is 14.3 Å². The fourth-order valence-electron chi connectivity index (χ4n) is 3.15. The van der Waals surface area contributed by atoms with Gasteiger partial charge < -0.3 is 24.2 Å². The predicted octanol–water partition coefficient (Wildman–Crippen LogP) is 1.15. The zero-order valence-electron chi connectivity index (χ0n) is 14.3. The Labute approximate surface area is 145 Å². The van der Waals surface area contributed by atoms with Gasteiger partial charge in [0.15, 0.2) is 0 Å². The van der Waals surface area contributed by atoms with Crippen molar-refractivity contribution in [3.63, 3.8) is 0 Å². The van der Waals surface area contributed by atoms with E-state index in [4.69, 9.17) is 14.2 Å². The number of cyclic esters (lactones) is 1. The molecule has 2 saturated heterocycles. The highest BCUT2D eigenvalue weighted by Crippen LogP contribution is 2.36. The molecular formula is C17H22N2O6. The molecular weight excluding hydrogens is 328 g/mol. The van der Waals surface area contributed by atoms with Gasteiger partial charge in [-0.25, -0.2) is 4.79 Å². The summed E-state index contributed by atoms with van der Waals surface area (Å²) in [4.78, 5) is 27.4. The van der Waals surface area contributed by atoms with Crippen LogP contribution >= 0.6 is 0 Å². The van der Waals surface area contributed by atoms with Gasteiger partial charge in [0.05, 0.1) is 38.5 Å². The highest BCUT2D eigenvalue weighted by molar-refractivity contribution is 5.96. The molecule has 2 heterocycles. The van der Waals surface area contributed by atoms with Crippen LogP contribution in [0.5, 0.6) is 5.75 Å². The van der Waals surface area contributed by atoms with E-state index in [-0.39, 0.29) is 25.2 Å². The number of piperidine rings is 1. The van der Waals surface area contributed by atoms with Crippen LogP contribution in [0.2, 0.25) is 0 Å². The Balaban J connectivity index is 1.83. The standard InChI is InChI=1S/C17H22N2O6/c1-23-12-5-6-18(16(21)8-12)11-3-4-14(15(7-11)24-2)19-9-13(10-20)25-17(19)22/h3-4,7,12-13,20H,5-6,8-10H2,1-2H3. The molecule has 1 aromatic carbocycles. The number of aliphatic hydroxyl groups is 1. The molecule has 2 amide bonds. The number of benzene rings is 1. The van der Waals surface area contributed by atoms with Gasteiger partial charge in [0.1, 0.15) is 11.9 Å². The Bertz CT molecular complexity index is 665. The molecule has 0 saturated carbocycles. The van der Waals surface area contributed by atoms with Gasteiger partial charge in [-0.05, 0) is 18.6 Å². The lowest BCUT2D eigenvalue weighted by Gasteiger charge is -2.31. The molecule has 2 unspecified atom stereocenters. The molecule has 8 heteroatoms. The lowest BCUT2D eigenvalue weighted by molar-refractivity contribution is -0.122. The van der Waals surface area contributed by atoms with Crippen molar-refractivity contribution in [3.8, 4) is 5.75 Å². The molecule has 0 bridgehead atoms. The van der Waals surface area contributed by atoms with E-state index in [0.29, 0.717) is 30.1 Å². The van der Waals surface area contributed by atoms with Crippen LogP contribution in [0.15, 0.2) is 18.2 Å². The zero-order chi connectivity index (χ0) is 18.0. The quantitative estimate of drug-likeness (QED) is 0.857. The fraction of sp³-hybridized carbons (Fsp3) is 0.529. The Morgan fingerprint density at radius 2 is 2.08 bits per heavy atom. The van der Waals surface area contributed by atoms with Crippen LogP contribution in [-0.4, -0.2) is 63.2 Å². The summed E-state index contributed by atoms with van der Waals surface area (Å²) in [7, 11) is 3.12. The van der Waals surface area contributed by atoms with Crippen molar-refractivity contribution in [2.75, 3.05) is 43.7 Å². The number of hydrogen-bond acceptors (Lipinski definition) is 6. The summed E-state index contributed by atoms with van der Waals surface area (Å²) in [6, 6.07) is 5.24. The van der Waals surface area contributed by atoms with Gasteiger partial charge in [0.25, 0.3) is 0 Å².